The summed E-state index contributed by atoms with van der Waals surface area (Å²) in [5.74, 6) is -0.949. The summed E-state index contributed by atoms with van der Waals surface area (Å²) in [5.41, 5.74) is 8.40. The number of hydrogen-bond acceptors (Lipinski definition) is 4. The van der Waals surface area contributed by atoms with Crippen LogP contribution in [0.2, 0.25) is 0 Å². The minimum absolute atomic E-state index is 0.119. The van der Waals surface area contributed by atoms with E-state index in [2.05, 4.69) is 12.2 Å². The van der Waals surface area contributed by atoms with E-state index in [1.807, 2.05) is 54.6 Å². The van der Waals surface area contributed by atoms with Gasteiger partial charge in [-0.2, -0.15) is 0 Å². The van der Waals surface area contributed by atoms with E-state index in [4.69, 9.17) is 10.5 Å². The quantitative estimate of drug-likeness (QED) is 0.538. The smallest absolute Gasteiger partial charge is 0.411 e. The molecule has 2 aromatic rings. The highest BCUT2D eigenvalue weighted by molar-refractivity contribution is 5.91. The van der Waals surface area contributed by atoms with Crippen molar-refractivity contribution >= 4 is 17.9 Å². The number of unbranched alkanes of at least 4 members (excludes halogenated alkanes) is 3. The van der Waals surface area contributed by atoms with Crippen LogP contribution in [0.25, 0.3) is 0 Å². The van der Waals surface area contributed by atoms with Crippen molar-refractivity contribution in [3.05, 3.63) is 71.3 Å². The molecule has 0 saturated carbocycles. The Labute approximate surface area is 195 Å². The molecule has 3 amide bonds. The summed E-state index contributed by atoms with van der Waals surface area (Å²) in [6.45, 7) is 2.49. The SMILES string of the molecule is CCCCCC[C@@H](NC(=O)[C@@H]1Cc2ccccc2CN1C(=O)OCc1ccccc1)C(N)=O. The third-order valence-electron chi connectivity index (χ3n) is 6.00. The highest BCUT2D eigenvalue weighted by Crippen LogP contribution is 2.25. The zero-order valence-electron chi connectivity index (χ0n) is 19.2. The van der Waals surface area contributed by atoms with Crippen molar-refractivity contribution in [1.82, 2.24) is 10.2 Å². The van der Waals surface area contributed by atoms with Gasteiger partial charge >= 0.3 is 6.09 Å². The van der Waals surface area contributed by atoms with Gasteiger partial charge < -0.3 is 15.8 Å². The molecule has 1 aliphatic heterocycles. The summed E-state index contributed by atoms with van der Waals surface area (Å²) >= 11 is 0. The van der Waals surface area contributed by atoms with Gasteiger partial charge in [-0.25, -0.2) is 4.79 Å². The molecular weight excluding hydrogens is 418 g/mol. The molecule has 1 heterocycles. The van der Waals surface area contributed by atoms with Gasteiger partial charge in [-0.05, 0) is 23.1 Å². The van der Waals surface area contributed by atoms with Gasteiger partial charge in [0.15, 0.2) is 0 Å². The summed E-state index contributed by atoms with van der Waals surface area (Å²) in [6, 6.07) is 15.6. The minimum Gasteiger partial charge on any atom is -0.445 e. The molecule has 0 bridgehead atoms. The number of carbonyl (C=O) groups is 3. The van der Waals surface area contributed by atoms with Crippen molar-refractivity contribution in [1.29, 1.82) is 0 Å². The van der Waals surface area contributed by atoms with Gasteiger partial charge in [-0.3, -0.25) is 14.5 Å². The Balaban J connectivity index is 1.71. The molecule has 33 heavy (non-hydrogen) atoms. The monoisotopic (exact) mass is 451 g/mol. The van der Waals surface area contributed by atoms with E-state index in [1.165, 1.54) is 4.90 Å². The lowest BCUT2D eigenvalue weighted by molar-refractivity contribution is -0.131. The van der Waals surface area contributed by atoms with E-state index in [-0.39, 0.29) is 19.1 Å². The molecule has 176 valence electrons. The second-order valence-corrected chi connectivity index (χ2v) is 8.47. The molecule has 0 aromatic heterocycles. The topological polar surface area (TPSA) is 102 Å². The number of ether oxygens (including phenoxy) is 1. The average molecular weight is 452 g/mol. The molecule has 7 nitrogen and oxygen atoms in total. The lowest BCUT2D eigenvalue weighted by Crippen LogP contribution is -2.56. The maximum Gasteiger partial charge on any atom is 0.411 e. The van der Waals surface area contributed by atoms with E-state index < -0.39 is 24.1 Å². The summed E-state index contributed by atoms with van der Waals surface area (Å²) < 4.78 is 5.52. The Morgan fingerprint density at radius 2 is 1.73 bits per heavy atom. The van der Waals surface area contributed by atoms with Gasteiger partial charge in [-0.15, -0.1) is 0 Å². The van der Waals surface area contributed by atoms with E-state index in [1.54, 1.807) is 0 Å². The van der Waals surface area contributed by atoms with Crippen LogP contribution in [0.3, 0.4) is 0 Å². The Hall–Kier alpha value is -3.35. The van der Waals surface area contributed by atoms with Crippen molar-refractivity contribution in [2.75, 3.05) is 0 Å². The van der Waals surface area contributed by atoms with Crippen LogP contribution in [0.4, 0.5) is 4.79 Å². The Morgan fingerprint density at radius 3 is 2.42 bits per heavy atom. The number of benzene rings is 2. The first-order chi connectivity index (χ1) is 16.0. The highest BCUT2D eigenvalue weighted by Gasteiger charge is 2.36. The van der Waals surface area contributed by atoms with Crippen LogP contribution in [-0.2, 0) is 33.9 Å². The summed E-state index contributed by atoms with van der Waals surface area (Å²) in [6.07, 6.45) is 4.21. The van der Waals surface area contributed by atoms with Gasteiger partial charge in [0.05, 0.1) is 6.54 Å². The Morgan fingerprint density at radius 1 is 1.03 bits per heavy atom. The molecule has 3 N–H and O–H groups in total. The molecule has 0 radical (unpaired) electrons. The van der Waals surface area contributed by atoms with E-state index in [0.717, 1.165) is 42.4 Å². The first-order valence-electron chi connectivity index (χ1n) is 11.6. The second kappa shape index (κ2) is 12.0. The van der Waals surface area contributed by atoms with Crippen molar-refractivity contribution < 1.29 is 19.1 Å². The molecule has 1 aliphatic rings. The van der Waals surface area contributed by atoms with Gasteiger partial charge in [0.2, 0.25) is 11.8 Å². The van der Waals surface area contributed by atoms with Gasteiger partial charge in [0.25, 0.3) is 0 Å². The fourth-order valence-corrected chi connectivity index (χ4v) is 4.08. The van der Waals surface area contributed by atoms with Gasteiger partial charge in [0, 0.05) is 6.42 Å². The van der Waals surface area contributed by atoms with Crippen LogP contribution >= 0.6 is 0 Å². The summed E-state index contributed by atoms with van der Waals surface area (Å²) in [5, 5.41) is 2.79. The molecule has 0 fully saturated rings. The predicted octanol–water partition coefficient (Wildman–Crippen LogP) is 3.69. The molecule has 2 aromatic carbocycles. The molecule has 0 aliphatic carbocycles. The lowest BCUT2D eigenvalue weighted by Gasteiger charge is -2.35. The standard InChI is InChI=1S/C26H33N3O4/c1-2-3-4-8-15-22(24(27)30)28-25(31)23-16-20-13-9-10-14-21(20)17-29(23)26(32)33-18-19-11-6-5-7-12-19/h5-7,9-14,22-23H,2-4,8,15-18H2,1H3,(H2,27,30)(H,28,31)/t22-,23+/m1/s1. The van der Waals surface area contributed by atoms with E-state index in [0.29, 0.717) is 12.8 Å². The molecular formula is C26H33N3O4. The minimum atomic E-state index is -0.777. The van der Waals surface area contributed by atoms with Crippen molar-refractivity contribution in [2.45, 2.75) is 70.7 Å². The predicted molar refractivity (Wildman–Crippen MR) is 126 cm³/mol. The molecule has 2 atom stereocenters. The maximum absolute atomic E-state index is 13.2. The average Bonchev–Trinajstić information content (AvgIpc) is 2.84. The first-order valence-corrected chi connectivity index (χ1v) is 11.6. The number of carbonyl (C=O) groups excluding carboxylic acids is 3. The number of nitrogens with two attached hydrogens (primary N) is 1. The normalized spacial score (nSPS) is 15.9. The van der Waals surface area contributed by atoms with Crippen molar-refractivity contribution in [2.24, 2.45) is 5.73 Å². The molecule has 0 unspecified atom stereocenters. The van der Waals surface area contributed by atoms with Gasteiger partial charge in [0.1, 0.15) is 18.7 Å². The second-order valence-electron chi connectivity index (χ2n) is 8.47. The Kier molecular flexibility index (Phi) is 8.87. The first kappa shape index (κ1) is 24.3. The number of hydrogen-bond donors (Lipinski definition) is 2. The van der Waals surface area contributed by atoms with Crippen LogP contribution in [0.1, 0.15) is 55.7 Å². The highest BCUT2D eigenvalue weighted by atomic mass is 16.6. The number of nitrogens with one attached hydrogen (secondary N) is 1. The summed E-state index contributed by atoms with van der Waals surface area (Å²) in [7, 11) is 0. The van der Waals surface area contributed by atoms with Crippen molar-refractivity contribution in [3.63, 3.8) is 0 Å². The fraction of sp³-hybridized carbons (Fsp3) is 0.423. The van der Waals surface area contributed by atoms with E-state index >= 15 is 0 Å². The number of fused-ring (bicyclic) bond motifs is 1. The zero-order valence-corrected chi connectivity index (χ0v) is 19.2. The largest absolute Gasteiger partial charge is 0.445 e. The van der Waals surface area contributed by atoms with Crippen LogP contribution in [-0.4, -0.2) is 34.9 Å². The Bertz CT molecular complexity index is 948. The van der Waals surface area contributed by atoms with E-state index in [9.17, 15) is 14.4 Å². The zero-order chi connectivity index (χ0) is 23.6. The van der Waals surface area contributed by atoms with Crippen LogP contribution < -0.4 is 11.1 Å². The number of amides is 3. The third-order valence-corrected chi connectivity index (χ3v) is 6.00. The van der Waals surface area contributed by atoms with Gasteiger partial charge in [-0.1, -0.05) is 87.2 Å². The van der Waals surface area contributed by atoms with Crippen LogP contribution in [0, 0.1) is 0 Å². The van der Waals surface area contributed by atoms with Crippen molar-refractivity contribution in [3.8, 4) is 0 Å². The third kappa shape index (κ3) is 6.81. The van der Waals surface area contributed by atoms with Crippen LogP contribution in [0.15, 0.2) is 54.6 Å². The molecule has 0 saturated heterocycles. The number of rotatable bonds is 10. The number of nitrogens with zero attached hydrogens (tertiary/aromatic N) is 1. The molecule has 3 rings (SSSR count). The lowest BCUT2D eigenvalue weighted by atomic mass is 9.93. The van der Waals surface area contributed by atoms with Crippen LogP contribution in [0.5, 0.6) is 0 Å². The molecule has 7 heteroatoms. The maximum atomic E-state index is 13.2. The fourth-order valence-electron chi connectivity index (χ4n) is 4.08. The number of primary amides is 1. The summed E-state index contributed by atoms with van der Waals surface area (Å²) in [4.78, 5) is 39.6. The molecule has 0 spiro atoms.